The summed E-state index contributed by atoms with van der Waals surface area (Å²) >= 11 is 1.68. The van der Waals surface area contributed by atoms with Crippen molar-refractivity contribution >= 4 is 11.8 Å². The van der Waals surface area contributed by atoms with Crippen LogP contribution in [0.15, 0.2) is 5.03 Å². The van der Waals surface area contributed by atoms with Gasteiger partial charge in [0.05, 0.1) is 5.03 Å². The van der Waals surface area contributed by atoms with Gasteiger partial charge in [0, 0.05) is 12.3 Å². The SMILES string of the molecule is [CH]=C1NCCS1. The molecule has 6 heavy (non-hydrogen) atoms. The Labute approximate surface area is 41.8 Å². The second-order valence-corrected chi connectivity index (χ2v) is 2.28. The van der Waals surface area contributed by atoms with Gasteiger partial charge in [0.2, 0.25) is 0 Å². The van der Waals surface area contributed by atoms with Crippen LogP contribution in [-0.4, -0.2) is 12.3 Å². The van der Waals surface area contributed by atoms with Crippen LogP contribution in [0, 0.1) is 6.58 Å². The standard InChI is InChI=1S/C4H6NS/c1-4-5-2-3-6-4/h1,5H,2-3H2. The molecule has 0 aliphatic carbocycles. The molecular formula is C4H6NS. The number of hydrogen-bond donors (Lipinski definition) is 1. The lowest BCUT2D eigenvalue weighted by atomic mass is 10.7. The minimum absolute atomic E-state index is 0.870. The summed E-state index contributed by atoms with van der Waals surface area (Å²) in [4.78, 5) is 0. The third-order valence-electron chi connectivity index (χ3n) is 0.659. The van der Waals surface area contributed by atoms with E-state index in [2.05, 4.69) is 5.32 Å². The van der Waals surface area contributed by atoms with E-state index in [-0.39, 0.29) is 0 Å². The van der Waals surface area contributed by atoms with Crippen LogP contribution in [0.2, 0.25) is 0 Å². The topological polar surface area (TPSA) is 12.0 Å². The van der Waals surface area contributed by atoms with Crippen LogP contribution in [0.5, 0.6) is 0 Å². The van der Waals surface area contributed by atoms with E-state index < -0.39 is 0 Å². The van der Waals surface area contributed by atoms with E-state index in [1.165, 1.54) is 0 Å². The average Bonchev–Trinajstić information content (AvgIpc) is 1.86. The fraction of sp³-hybridized carbons (Fsp3) is 0.500. The van der Waals surface area contributed by atoms with Crippen molar-refractivity contribution in [2.24, 2.45) is 0 Å². The first-order chi connectivity index (χ1) is 2.89. The molecule has 0 bridgehead atoms. The van der Waals surface area contributed by atoms with E-state index in [9.17, 15) is 0 Å². The third-order valence-corrected chi connectivity index (χ3v) is 1.52. The van der Waals surface area contributed by atoms with E-state index >= 15 is 0 Å². The van der Waals surface area contributed by atoms with E-state index in [0.29, 0.717) is 0 Å². The largest absolute Gasteiger partial charge is 0.379 e. The fourth-order valence-electron chi connectivity index (χ4n) is 0.386. The Morgan fingerprint density at radius 1 is 1.83 bits per heavy atom. The Balaban J connectivity index is 2.37. The molecule has 1 aliphatic rings. The monoisotopic (exact) mass is 100 g/mol. The van der Waals surface area contributed by atoms with Gasteiger partial charge in [-0.05, 0) is 6.58 Å². The molecule has 1 radical (unpaired) electrons. The average molecular weight is 100 g/mol. The van der Waals surface area contributed by atoms with Crippen molar-refractivity contribution in [3.8, 4) is 0 Å². The molecule has 33 valence electrons. The molecule has 0 unspecified atom stereocenters. The zero-order valence-electron chi connectivity index (χ0n) is 3.40. The summed E-state index contributed by atoms with van der Waals surface area (Å²) in [6.45, 7) is 6.34. The van der Waals surface area contributed by atoms with Crippen LogP contribution < -0.4 is 5.32 Å². The van der Waals surface area contributed by atoms with Gasteiger partial charge in [-0.2, -0.15) is 0 Å². The number of rotatable bonds is 0. The van der Waals surface area contributed by atoms with E-state index in [1.807, 2.05) is 0 Å². The summed E-state index contributed by atoms with van der Waals surface area (Å²) in [5.74, 6) is 1.13. The summed E-state index contributed by atoms with van der Waals surface area (Å²) < 4.78 is 0. The highest BCUT2D eigenvalue weighted by Gasteiger charge is 1.99. The van der Waals surface area contributed by atoms with Gasteiger partial charge in [0.1, 0.15) is 0 Å². The van der Waals surface area contributed by atoms with Gasteiger partial charge in [-0.25, -0.2) is 0 Å². The number of nitrogens with one attached hydrogen (secondary N) is 1. The lowest BCUT2D eigenvalue weighted by molar-refractivity contribution is 0.948. The molecule has 0 aromatic rings. The first-order valence-electron chi connectivity index (χ1n) is 1.89. The smallest absolute Gasteiger partial charge is 0.0683 e. The summed E-state index contributed by atoms with van der Waals surface area (Å²) in [5, 5.41) is 3.85. The van der Waals surface area contributed by atoms with Gasteiger partial charge in [-0.15, -0.1) is 11.8 Å². The van der Waals surface area contributed by atoms with Crippen molar-refractivity contribution in [3.63, 3.8) is 0 Å². The van der Waals surface area contributed by atoms with Gasteiger partial charge >= 0.3 is 0 Å². The Morgan fingerprint density at radius 3 is 2.83 bits per heavy atom. The molecule has 0 saturated carbocycles. The van der Waals surface area contributed by atoms with Crippen LogP contribution in [-0.2, 0) is 0 Å². The summed E-state index contributed by atoms with van der Waals surface area (Å²) in [6.07, 6.45) is 0. The predicted octanol–water partition coefficient (Wildman–Crippen LogP) is 0.597. The van der Waals surface area contributed by atoms with Crippen LogP contribution in [0.1, 0.15) is 0 Å². The molecular weight excluding hydrogens is 94.1 g/mol. The quantitative estimate of drug-likeness (QED) is 0.478. The zero-order valence-corrected chi connectivity index (χ0v) is 4.22. The summed E-state index contributed by atoms with van der Waals surface area (Å²) in [7, 11) is 0. The van der Waals surface area contributed by atoms with E-state index in [0.717, 1.165) is 17.3 Å². The number of hydrogen-bond acceptors (Lipinski definition) is 2. The Bertz CT molecular complexity index is 61.9. The van der Waals surface area contributed by atoms with Gasteiger partial charge in [0.25, 0.3) is 0 Å². The molecule has 1 N–H and O–H groups in total. The molecule has 1 heterocycles. The first-order valence-corrected chi connectivity index (χ1v) is 2.87. The highest BCUT2D eigenvalue weighted by Crippen LogP contribution is 2.13. The van der Waals surface area contributed by atoms with Crippen LogP contribution in [0.4, 0.5) is 0 Å². The lowest BCUT2D eigenvalue weighted by Crippen LogP contribution is -2.02. The molecule has 1 fully saturated rings. The first kappa shape index (κ1) is 4.06. The Hall–Kier alpha value is -0.110. The maximum atomic E-state index is 5.30. The van der Waals surface area contributed by atoms with Crippen molar-refractivity contribution in [1.29, 1.82) is 0 Å². The van der Waals surface area contributed by atoms with Crippen LogP contribution in [0.25, 0.3) is 0 Å². The van der Waals surface area contributed by atoms with Gasteiger partial charge in [0.15, 0.2) is 0 Å². The van der Waals surface area contributed by atoms with Crippen molar-refractivity contribution in [2.45, 2.75) is 0 Å². The Morgan fingerprint density at radius 2 is 2.67 bits per heavy atom. The normalized spacial score (nSPS) is 21.0. The number of thioether (sulfide) groups is 1. The van der Waals surface area contributed by atoms with Gasteiger partial charge in [-0.3, -0.25) is 0 Å². The predicted molar refractivity (Wildman–Crippen MR) is 28.3 cm³/mol. The van der Waals surface area contributed by atoms with Crippen molar-refractivity contribution < 1.29 is 0 Å². The molecule has 1 aliphatic heterocycles. The van der Waals surface area contributed by atoms with Crippen molar-refractivity contribution in [2.75, 3.05) is 12.3 Å². The maximum absolute atomic E-state index is 5.30. The van der Waals surface area contributed by atoms with Crippen molar-refractivity contribution in [1.82, 2.24) is 5.32 Å². The minimum Gasteiger partial charge on any atom is -0.379 e. The molecule has 0 aromatic heterocycles. The minimum atomic E-state index is 0.870. The third kappa shape index (κ3) is 0.684. The second kappa shape index (κ2) is 1.56. The Kier molecular flexibility index (Phi) is 1.05. The molecule has 1 rings (SSSR count). The molecule has 0 spiro atoms. The summed E-state index contributed by atoms with van der Waals surface area (Å²) in [5.41, 5.74) is 0. The van der Waals surface area contributed by atoms with Crippen molar-refractivity contribution in [3.05, 3.63) is 11.6 Å². The highest BCUT2D eigenvalue weighted by atomic mass is 32.2. The molecule has 2 heteroatoms. The summed E-state index contributed by atoms with van der Waals surface area (Å²) in [6, 6.07) is 0. The van der Waals surface area contributed by atoms with E-state index in [1.54, 1.807) is 11.8 Å². The van der Waals surface area contributed by atoms with E-state index in [4.69, 9.17) is 6.58 Å². The molecule has 1 saturated heterocycles. The molecule has 0 aromatic carbocycles. The molecule has 1 nitrogen and oxygen atoms in total. The van der Waals surface area contributed by atoms with Crippen LogP contribution in [0.3, 0.4) is 0 Å². The van der Waals surface area contributed by atoms with Gasteiger partial charge < -0.3 is 5.32 Å². The fourth-order valence-corrected chi connectivity index (χ4v) is 1.01. The zero-order chi connectivity index (χ0) is 4.41. The second-order valence-electron chi connectivity index (χ2n) is 1.14. The van der Waals surface area contributed by atoms with Gasteiger partial charge in [-0.1, -0.05) is 0 Å². The maximum Gasteiger partial charge on any atom is 0.0683 e. The molecule has 0 amide bonds. The highest BCUT2D eigenvalue weighted by molar-refractivity contribution is 8.03. The molecule has 0 atom stereocenters. The van der Waals surface area contributed by atoms with Crippen LogP contribution >= 0.6 is 11.8 Å². The lowest BCUT2D eigenvalue weighted by Gasteiger charge is -1.85.